The van der Waals surface area contributed by atoms with E-state index in [9.17, 15) is 9.59 Å². The standard InChI is InChI=1S/C13H15Cl2N3O3/c1-2-21-13(20)18-7-5-17(6-8-18)12(19)11-9(14)3-4-10(15)16-11/h3-4H,2,5-8H2,1H3. The fraction of sp³-hybridized carbons (Fsp3) is 0.462. The van der Waals surface area contributed by atoms with Gasteiger partial charge in [-0.15, -0.1) is 0 Å². The van der Waals surface area contributed by atoms with E-state index in [2.05, 4.69) is 4.98 Å². The van der Waals surface area contributed by atoms with Crippen LogP contribution in [0.3, 0.4) is 0 Å². The van der Waals surface area contributed by atoms with Crippen LogP contribution >= 0.6 is 23.2 Å². The van der Waals surface area contributed by atoms with E-state index < -0.39 is 0 Å². The highest BCUT2D eigenvalue weighted by Gasteiger charge is 2.27. The molecule has 21 heavy (non-hydrogen) atoms. The van der Waals surface area contributed by atoms with Gasteiger partial charge >= 0.3 is 6.09 Å². The molecule has 0 bridgehead atoms. The molecule has 2 amide bonds. The van der Waals surface area contributed by atoms with Crippen molar-refractivity contribution < 1.29 is 14.3 Å². The van der Waals surface area contributed by atoms with Crippen LogP contribution in [0.2, 0.25) is 10.2 Å². The SMILES string of the molecule is CCOC(=O)N1CCN(C(=O)c2nc(Cl)ccc2Cl)CC1. The molecule has 2 heterocycles. The molecule has 6 nitrogen and oxygen atoms in total. The van der Waals surface area contributed by atoms with Crippen LogP contribution < -0.4 is 0 Å². The first-order valence-electron chi connectivity index (χ1n) is 6.56. The Morgan fingerprint density at radius 1 is 1.19 bits per heavy atom. The van der Waals surface area contributed by atoms with E-state index in [4.69, 9.17) is 27.9 Å². The van der Waals surface area contributed by atoms with Gasteiger partial charge in [-0.05, 0) is 19.1 Å². The van der Waals surface area contributed by atoms with Gasteiger partial charge < -0.3 is 14.5 Å². The molecule has 1 saturated heterocycles. The first kappa shape index (κ1) is 15.9. The summed E-state index contributed by atoms with van der Waals surface area (Å²) < 4.78 is 4.93. The van der Waals surface area contributed by atoms with Crippen LogP contribution in [0.5, 0.6) is 0 Å². The summed E-state index contributed by atoms with van der Waals surface area (Å²) in [5.74, 6) is -0.286. The van der Waals surface area contributed by atoms with Gasteiger partial charge in [-0.2, -0.15) is 0 Å². The zero-order valence-corrected chi connectivity index (χ0v) is 13.0. The highest BCUT2D eigenvalue weighted by Crippen LogP contribution is 2.19. The lowest BCUT2D eigenvalue weighted by atomic mass is 10.2. The zero-order valence-electron chi connectivity index (χ0n) is 11.5. The van der Waals surface area contributed by atoms with Crippen LogP contribution in [0.25, 0.3) is 0 Å². The summed E-state index contributed by atoms with van der Waals surface area (Å²) in [4.78, 5) is 31.1. The molecular weight excluding hydrogens is 317 g/mol. The highest BCUT2D eigenvalue weighted by molar-refractivity contribution is 6.34. The number of aromatic nitrogens is 1. The topological polar surface area (TPSA) is 62.7 Å². The third-order valence-corrected chi connectivity index (χ3v) is 3.62. The predicted octanol–water partition coefficient (Wildman–Crippen LogP) is 2.30. The predicted molar refractivity (Wildman–Crippen MR) is 78.8 cm³/mol. The van der Waals surface area contributed by atoms with E-state index in [1.165, 1.54) is 6.07 Å². The normalized spacial score (nSPS) is 15.0. The number of rotatable bonds is 2. The van der Waals surface area contributed by atoms with E-state index in [0.717, 1.165) is 0 Å². The Kier molecular flexibility index (Phi) is 5.25. The summed E-state index contributed by atoms with van der Waals surface area (Å²) in [7, 11) is 0. The Bertz CT molecular complexity index is 545. The number of carbonyl (C=O) groups excluding carboxylic acids is 2. The van der Waals surface area contributed by atoms with Crippen molar-refractivity contribution in [3.05, 3.63) is 28.0 Å². The van der Waals surface area contributed by atoms with Crippen LogP contribution in [-0.4, -0.2) is 59.6 Å². The van der Waals surface area contributed by atoms with E-state index in [-0.39, 0.29) is 27.9 Å². The number of carbonyl (C=O) groups is 2. The van der Waals surface area contributed by atoms with Gasteiger partial charge in [0.2, 0.25) is 0 Å². The van der Waals surface area contributed by atoms with Crippen LogP contribution in [0.15, 0.2) is 12.1 Å². The lowest BCUT2D eigenvalue weighted by Gasteiger charge is -2.33. The van der Waals surface area contributed by atoms with Crippen molar-refractivity contribution in [1.29, 1.82) is 0 Å². The smallest absolute Gasteiger partial charge is 0.409 e. The molecule has 0 radical (unpaired) electrons. The lowest BCUT2D eigenvalue weighted by Crippen LogP contribution is -2.50. The number of pyridine rings is 1. The number of hydrogen-bond acceptors (Lipinski definition) is 4. The van der Waals surface area contributed by atoms with Crippen LogP contribution in [0, 0.1) is 0 Å². The fourth-order valence-electron chi connectivity index (χ4n) is 2.02. The Morgan fingerprint density at radius 3 is 2.43 bits per heavy atom. The van der Waals surface area contributed by atoms with Gasteiger partial charge in [0.25, 0.3) is 5.91 Å². The summed E-state index contributed by atoms with van der Waals surface area (Å²) in [6, 6.07) is 3.07. The summed E-state index contributed by atoms with van der Waals surface area (Å²) in [5, 5.41) is 0.477. The third-order valence-electron chi connectivity index (χ3n) is 3.11. The Hall–Kier alpha value is -1.53. The van der Waals surface area contributed by atoms with Crippen molar-refractivity contribution in [3.8, 4) is 0 Å². The van der Waals surface area contributed by atoms with Crippen molar-refractivity contribution in [2.24, 2.45) is 0 Å². The van der Waals surface area contributed by atoms with Gasteiger partial charge in [0.15, 0.2) is 0 Å². The molecular formula is C13H15Cl2N3O3. The second-order valence-corrected chi connectivity index (χ2v) is 5.24. The quantitative estimate of drug-likeness (QED) is 0.780. The Labute approximate surface area is 132 Å². The van der Waals surface area contributed by atoms with Gasteiger partial charge in [-0.25, -0.2) is 9.78 Å². The summed E-state index contributed by atoms with van der Waals surface area (Å²) in [6.07, 6.45) is -0.358. The molecule has 8 heteroatoms. The van der Waals surface area contributed by atoms with E-state index in [1.54, 1.807) is 22.8 Å². The number of hydrogen-bond donors (Lipinski definition) is 0. The van der Waals surface area contributed by atoms with Crippen LogP contribution in [0.1, 0.15) is 17.4 Å². The van der Waals surface area contributed by atoms with E-state index in [1.807, 2.05) is 0 Å². The molecule has 1 aromatic rings. The molecule has 1 aliphatic rings. The number of ether oxygens (including phenoxy) is 1. The van der Waals surface area contributed by atoms with Gasteiger partial charge in [0.05, 0.1) is 11.6 Å². The van der Waals surface area contributed by atoms with Gasteiger partial charge in [0, 0.05) is 26.2 Å². The monoisotopic (exact) mass is 331 g/mol. The molecule has 1 fully saturated rings. The summed E-state index contributed by atoms with van der Waals surface area (Å²) >= 11 is 11.8. The molecule has 0 aliphatic carbocycles. The maximum Gasteiger partial charge on any atom is 0.409 e. The number of halogens is 2. The summed E-state index contributed by atoms with van der Waals surface area (Å²) in [5.41, 5.74) is 0.133. The van der Waals surface area contributed by atoms with E-state index >= 15 is 0 Å². The molecule has 0 spiro atoms. The largest absolute Gasteiger partial charge is 0.450 e. The molecule has 0 N–H and O–H groups in total. The Morgan fingerprint density at radius 2 is 1.81 bits per heavy atom. The van der Waals surface area contributed by atoms with Crippen LogP contribution in [0.4, 0.5) is 4.79 Å². The fourth-order valence-corrected chi connectivity index (χ4v) is 2.36. The molecule has 1 aliphatic heterocycles. The van der Waals surface area contributed by atoms with Crippen molar-refractivity contribution in [3.63, 3.8) is 0 Å². The molecule has 0 aromatic carbocycles. The van der Waals surface area contributed by atoms with Crippen molar-refractivity contribution >= 4 is 35.2 Å². The first-order chi connectivity index (χ1) is 10.0. The van der Waals surface area contributed by atoms with Crippen molar-refractivity contribution in [2.45, 2.75) is 6.92 Å². The minimum Gasteiger partial charge on any atom is -0.450 e. The van der Waals surface area contributed by atoms with Crippen LogP contribution in [-0.2, 0) is 4.74 Å². The molecule has 2 rings (SSSR count). The molecule has 1 aromatic heterocycles. The first-order valence-corrected chi connectivity index (χ1v) is 7.31. The maximum absolute atomic E-state index is 12.4. The molecule has 0 atom stereocenters. The summed E-state index contributed by atoms with van der Waals surface area (Å²) in [6.45, 7) is 3.74. The number of nitrogens with zero attached hydrogens (tertiary/aromatic N) is 3. The lowest BCUT2D eigenvalue weighted by molar-refractivity contribution is 0.0566. The zero-order chi connectivity index (χ0) is 15.4. The molecule has 0 saturated carbocycles. The second-order valence-electron chi connectivity index (χ2n) is 4.44. The third kappa shape index (κ3) is 3.77. The maximum atomic E-state index is 12.4. The van der Waals surface area contributed by atoms with Gasteiger partial charge in [0.1, 0.15) is 10.8 Å². The van der Waals surface area contributed by atoms with Crippen molar-refractivity contribution in [2.75, 3.05) is 32.8 Å². The van der Waals surface area contributed by atoms with Crippen molar-refractivity contribution in [1.82, 2.24) is 14.8 Å². The average molecular weight is 332 g/mol. The number of amides is 2. The average Bonchev–Trinajstić information content (AvgIpc) is 2.49. The molecule has 114 valence electrons. The van der Waals surface area contributed by atoms with Gasteiger partial charge in [-0.3, -0.25) is 4.79 Å². The second kappa shape index (κ2) is 6.95. The minimum absolute atomic E-state index is 0.133. The van der Waals surface area contributed by atoms with E-state index in [0.29, 0.717) is 32.8 Å². The Balaban J connectivity index is 2.00. The minimum atomic E-state index is -0.358. The highest BCUT2D eigenvalue weighted by atomic mass is 35.5. The van der Waals surface area contributed by atoms with Gasteiger partial charge in [-0.1, -0.05) is 23.2 Å². The number of piperazine rings is 1. The molecule has 0 unspecified atom stereocenters.